The first-order chi connectivity index (χ1) is 15.4. The molecule has 9 nitrogen and oxygen atoms in total. The number of nitrogens with one attached hydrogen (secondary N) is 1. The zero-order valence-corrected chi connectivity index (χ0v) is 18.2. The van der Waals surface area contributed by atoms with Gasteiger partial charge in [0, 0.05) is 18.9 Å². The minimum absolute atomic E-state index is 0.0133. The van der Waals surface area contributed by atoms with Gasteiger partial charge in [0.25, 0.3) is 5.91 Å². The smallest absolute Gasteiger partial charge is 0.252 e. The Labute approximate surface area is 184 Å². The van der Waals surface area contributed by atoms with Gasteiger partial charge in [0.15, 0.2) is 21.2 Å². The predicted octanol–water partition coefficient (Wildman–Crippen LogP) is 2.68. The van der Waals surface area contributed by atoms with E-state index >= 15 is 0 Å². The maximum Gasteiger partial charge on any atom is 0.252 e. The molecule has 1 saturated heterocycles. The van der Waals surface area contributed by atoms with Crippen LogP contribution in [0.25, 0.3) is 22.5 Å². The fourth-order valence-corrected chi connectivity index (χ4v) is 5.74. The van der Waals surface area contributed by atoms with Crippen molar-refractivity contribution < 1.29 is 17.6 Å². The molecule has 5 heterocycles. The molecule has 0 aromatic carbocycles. The van der Waals surface area contributed by atoms with E-state index in [4.69, 9.17) is 9.40 Å². The average molecular weight is 452 g/mol. The van der Waals surface area contributed by atoms with Gasteiger partial charge in [-0.1, -0.05) is 0 Å². The summed E-state index contributed by atoms with van der Waals surface area (Å²) in [6.07, 6.45) is 5.35. The third-order valence-corrected chi connectivity index (χ3v) is 7.36. The molecular weight excluding hydrogens is 430 g/mol. The number of amides is 1. The molecule has 1 N–H and O–H groups in total. The molecule has 4 aromatic heterocycles. The number of carbonyl (C=O) groups excluding carboxylic acids is 1. The number of sulfone groups is 1. The van der Waals surface area contributed by atoms with Gasteiger partial charge in [-0.05, 0) is 49.2 Å². The largest absolute Gasteiger partial charge is 0.463 e. The number of nitrogens with zero attached hydrogens (tertiary/aromatic N) is 4. The van der Waals surface area contributed by atoms with Crippen LogP contribution in [0.5, 0.6) is 0 Å². The molecule has 164 valence electrons. The van der Waals surface area contributed by atoms with E-state index in [1.807, 2.05) is 12.1 Å². The molecule has 32 heavy (non-hydrogen) atoms. The quantitative estimate of drug-likeness (QED) is 0.495. The highest BCUT2D eigenvalue weighted by atomic mass is 32.2. The highest BCUT2D eigenvalue weighted by Gasteiger charge is 2.32. The molecule has 1 aliphatic heterocycles. The minimum Gasteiger partial charge on any atom is -0.463 e. The number of carbonyl (C=O) groups is 1. The zero-order valence-electron chi connectivity index (χ0n) is 17.4. The van der Waals surface area contributed by atoms with Gasteiger partial charge < -0.3 is 9.73 Å². The molecule has 0 saturated carbocycles. The number of hydrogen-bond acceptors (Lipinski definition) is 7. The van der Waals surface area contributed by atoms with Gasteiger partial charge in [0.1, 0.15) is 5.69 Å². The Morgan fingerprint density at radius 2 is 2.09 bits per heavy atom. The van der Waals surface area contributed by atoms with E-state index in [-0.39, 0.29) is 23.5 Å². The van der Waals surface area contributed by atoms with Crippen LogP contribution in [-0.4, -0.2) is 45.6 Å². The predicted molar refractivity (Wildman–Crippen MR) is 118 cm³/mol. The van der Waals surface area contributed by atoms with Gasteiger partial charge in [-0.2, -0.15) is 5.10 Å². The molecule has 0 bridgehead atoms. The van der Waals surface area contributed by atoms with Gasteiger partial charge in [-0.15, -0.1) is 0 Å². The summed E-state index contributed by atoms with van der Waals surface area (Å²) < 4.78 is 31.3. The number of furan rings is 1. The molecular formula is C22H21N5O4S. The van der Waals surface area contributed by atoms with Crippen molar-refractivity contribution in [2.45, 2.75) is 25.9 Å². The molecule has 0 unspecified atom stereocenters. The summed E-state index contributed by atoms with van der Waals surface area (Å²) >= 11 is 0. The van der Waals surface area contributed by atoms with Crippen molar-refractivity contribution >= 4 is 26.8 Å². The number of rotatable bonds is 5. The minimum atomic E-state index is -3.11. The van der Waals surface area contributed by atoms with Crippen LogP contribution in [0.3, 0.4) is 0 Å². The third kappa shape index (κ3) is 3.77. The number of hydrogen-bond donors (Lipinski definition) is 1. The second-order valence-electron chi connectivity index (χ2n) is 7.86. The Morgan fingerprint density at radius 1 is 1.28 bits per heavy atom. The Morgan fingerprint density at radius 3 is 2.78 bits per heavy atom. The second-order valence-corrected chi connectivity index (χ2v) is 10.1. The van der Waals surface area contributed by atoms with Crippen LogP contribution in [0.15, 0.2) is 53.4 Å². The summed E-state index contributed by atoms with van der Waals surface area (Å²) in [5, 5.41) is 8.14. The first-order valence-corrected chi connectivity index (χ1v) is 12.0. The molecule has 1 aliphatic rings. The number of aryl methyl sites for hydroxylation is 1. The van der Waals surface area contributed by atoms with E-state index < -0.39 is 9.84 Å². The molecule has 1 atom stereocenters. The number of pyridine rings is 2. The SMILES string of the molecule is Cc1nn([C@@H]2CCS(=O)(=O)C2)c2nc(-c3ccco3)cc(C(=O)NCc3ccncc3)c12. The van der Waals surface area contributed by atoms with Crippen molar-refractivity contribution in [1.82, 2.24) is 25.1 Å². The maximum absolute atomic E-state index is 13.2. The first kappa shape index (κ1) is 20.4. The fraction of sp³-hybridized carbons (Fsp3) is 0.273. The number of aromatic nitrogens is 4. The Kier molecular flexibility index (Phi) is 5.01. The van der Waals surface area contributed by atoms with Crippen LogP contribution in [0, 0.1) is 6.92 Å². The maximum atomic E-state index is 13.2. The summed E-state index contributed by atoms with van der Waals surface area (Å²) in [6.45, 7) is 2.14. The van der Waals surface area contributed by atoms with E-state index in [0.717, 1.165) is 5.56 Å². The third-order valence-electron chi connectivity index (χ3n) is 5.61. The van der Waals surface area contributed by atoms with E-state index in [1.54, 1.807) is 42.2 Å². The van der Waals surface area contributed by atoms with Gasteiger partial charge in [-0.25, -0.2) is 18.1 Å². The van der Waals surface area contributed by atoms with Crippen LogP contribution in [0.2, 0.25) is 0 Å². The lowest BCUT2D eigenvalue weighted by atomic mass is 10.1. The lowest BCUT2D eigenvalue weighted by Gasteiger charge is -2.12. The van der Waals surface area contributed by atoms with Crippen LogP contribution in [0.4, 0.5) is 0 Å². The highest BCUT2D eigenvalue weighted by Crippen LogP contribution is 2.32. The van der Waals surface area contributed by atoms with Gasteiger partial charge >= 0.3 is 0 Å². The van der Waals surface area contributed by atoms with E-state index in [0.29, 0.717) is 46.7 Å². The average Bonchev–Trinajstić information content (AvgIpc) is 3.51. The van der Waals surface area contributed by atoms with Gasteiger partial charge in [-0.3, -0.25) is 9.78 Å². The summed E-state index contributed by atoms with van der Waals surface area (Å²) in [5.74, 6) is 0.373. The lowest BCUT2D eigenvalue weighted by molar-refractivity contribution is 0.0952. The van der Waals surface area contributed by atoms with Crippen molar-refractivity contribution in [3.8, 4) is 11.5 Å². The van der Waals surface area contributed by atoms with Crippen molar-refractivity contribution in [3.63, 3.8) is 0 Å². The summed E-state index contributed by atoms with van der Waals surface area (Å²) in [7, 11) is -3.11. The fourth-order valence-electron chi connectivity index (χ4n) is 4.04. The highest BCUT2D eigenvalue weighted by molar-refractivity contribution is 7.91. The second kappa shape index (κ2) is 7.86. The molecule has 5 rings (SSSR count). The summed E-state index contributed by atoms with van der Waals surface area (Å²) in [6, 6.07) is 8.55. The summed E-state index contributed by atoms with van der Waals surface area (Å²) in [4.78, 5) is 21.9. The molecule has 0 radical (unpaired) electrons. The number of fused-ring (bicyclic) bond motifs is 1. The Bertz CT molecular complexity index is 1400. The van der Waals surface area contributed by atoms with Crippen molar-refractivity contribution in [2.24, 2.45) is 0 Å². The molecule has 1 fully saturated rings. The van der Waals surface area contributed by atoms with Gasteiger partial charge in [0.05, 0.1) is 40.5 Å². The first-order valence-electron chi connectivity index (χ1n) is 10.2. The lowest BCUT2D eigenvalue weighted by Crippen LogP contribution is -2.23. The van der Waals surface area contributed by atoms with Crippen LogP contribution >= 0.6 is 0 Å². The molecule has 0 spiro atoms. The standard InChI is InChI=1S/C22H21N5O4S/c1-14-20-17(22(28)24-12-15-4-7-23-8-5-15)11-18(19-3-2-9-31-19)25-21(20)27(26-14)16-6-10-32(29,30)13-16/h2-5,7-9,11,16H,6,10,12-13H2,1H3,(H,24,28)/t16-/m1/s1. The molecule has 0 aliphatic carbocycles. The van der Waals surface area contributed by atoms with E-state index in [9.17, 15) is 13.2 Å². The monoisotopic (exact) mass is 451 g/mol. The van der Waals surface area contributed by atoms with E-state index in [1.165, 1.54) is 6.26 Å². The van der Waals surface area contributed by atoms with Crippen LogP contribution < -0.4 is 5.32 Å². The summed E-state index contributed by atoms with van der Waals surface area (Å²) in [5.41, 5.74) is 2.93. The topological polar surface area (TPSA) is 120 Å². The van der Waals surface area contributed by atoms with Crippen molar-refractivity contribution in [3.05, 3.63) is 65.8 Å². The van der Waals surface area contributed by atoms with Crippen molar-refractivity contribution in [1.29, 1.82) is 0 Å². The van der Waals surface area contributed by atoms with E-state index in [2.05, 4.69) is 15.4 Å². The van der Waals surface area contributed by atoms with Gasteiger partial charge in [0.2, 0.25) is 0 Å². The Balaban J connectivity index is 1.60. The van der Waals surface area contributed by atoms with Crippen LogP contribution in [0.1, 0.15) is 34.1 Å². The normalized spacial score (nSPS) is 17.6. The molecule has 1 amide bonds. The Hall–Kier alpha value is -3.53. The van der Waals surface area contributed by atoms with Crippen molar-refractivity contribution in [2.75, 3.05) is 11.5 Å². The molecule has 10 heteroatoms. The zero-order chi connectivity index (χ0) is 22.3. The molecule has 4 aromatic rings. The van der Waals surface area contributed by atoms with Crippen LogP contribution in [-0.2, 0) is 16.4 Å².